The first-order valence-electron chi connectivity index (χ1n) is 9.59. The van der Waals surface area contributed by atoms with Crippen molar-refractivity contribution in [3.8, 4) is 0 Å². The van der Waals surface area contributed by atoms with Crippen LogP contribution in [-0.2, 0) is 0 Å². The molecule has 0 spiro atoms. The van der Waals surface area contributed by atoms with Crippen LogP contribution in [0.5, 0.6) is 0 Å². The fourth-order valence-electron chi connectivity index (χ4n) is 4.97. The van der Waals surface area contributed by atoms with E-state index in [1.54, 1.807) is 0 Å². The van der Waals surface area contributed by atoms with Gasteiger partial charge in [0.1, 0.15) is 0 Å². The van der Waals surface area contributed by atoms with Crippen molar-refractivity contribution in [1.82, 2.24) is 9.80 Å². The Kier molecular flexibility index (Phi) is 8.94. The van der Waals surface area contributed by atoms with Crippen LogP contribution in [0, 0.1) is 23.7 Å². The summed E-state index contributed by atoms with van der Waals surface area (Å²) in [6, 6.07) is 0. The second kappa shape index (κ2) is 10.7. The van der Waals surface area contributed by atoms with Crippen LogP contribution in [0.3, 0.4) is 0 Å². The van der Waals surface area contributed by atoms with Crippen molar-refractivity contribution in [2.75, 3.05) is 65.7 Å². The maximum absolute atomic E-state index is 9.16. The van der Waals surface area contributed by atoms with E-state index in [-0.39, 0.29) is 26.4 Å². The van der Waals surface area contributed by atoms with Crippen LogP contribution in [0.2, 0.25) is 0 Å². The predicted molar refractivity (Wildman–Crippen MR) is 93.7 cm³/mol. The van der Waals surface area contributed by atoms with E-state index in [1.807, 2.05) is 0 Å². The van der Waals surface area contributed by atoms with Gasteiger partial charge in [-0.25, -0.2) is 0 Å². The SMILES string of the molecule is OCCN(CCO)CCC1CC2CC1CC2CN(CCO)CCO. The van der Waals surface area contributed by atoms with Crippen molar-refractivity contribution < 1.29 is 20.4 Å². The Morgan fingerprint density at radius 3 is 1.58 bits per heavy atom. The molecule has 4 unspecified atom stereocenters. The molecule has 0 heterocycles. The minimum atomic E-state index is 0.157. The van der Waals surface area contributed by atoms with E-state index in [1.165, 1.54) is 25.7 Å². The van der Waals surface area contributed by atoms with Crippen molar-refractivity contribution in [3.05, 3.63) is 0 Å². The third-order valence-electron chi connectivity index (χ3n) is 6.12. The molecule has 2 rings (SSSR count). The normalized spacial score (nSPS) is 29.2. The van der Waals surface area contributed by atoms with Gasteiger partial charge in [0.05, 0.1) is 26.4 Å². The van der Waals surface area contributed by atoms with E-state index >= 15 is 0 Å². The monoisotopic (exact) mass is 344 g/mol. The molecule has 2 aliphatic carbocycles. The Hall–Kier alpha value is -0.240. The Bertz CT molecular complexity index is 333. The minimum Gasteiger partial charge on any atom is -0.395 e. The summed E-state index contributed by atoms with van der Waals surface area (Å²) in [4.78, 5) is 4.36. The predicted octanol–water partition coefficient (Wildman–Crippen LogP) is -0.388. The molecular formula is C18H36N2O4. The summed E-state index contributed by atoms with van der Waals surface area (Å²) < 4.78 is 0. The molecule has 0 saturated heterocycles. The van der Waals surface area contributed by atoms with Crippen LogP contribution < -0.4 is 0 Å². The van der Waals surface area contributed by atoms with Gasteiger partial charge < -0.3 is 20.4 Å². The summed E-state index contributed by atoms with van der Waals surface area (Å²) >= 11 is 0. The van der Waals surface area contributed by atoms with Crippen LogP contribution in [0.4, 0.5) is 0 Å². The summed E-state index contributed by atoms with van der Waals surface area (Å²) in [5.74, 6) is 3.12. The topological polar surface area (TPSA) is 87.4 Å². The van der Waals surface area contributed by atoms with Gasteiger partial charge in [-0.05, 0) is 55.9 Å². The van der Waals surface area contributed by atoms with Crippen molar-refractivity contribution >= 4 is 0 Å². The molecule has 2 bridgehead atoms. The van der Waals surface area contributed by atoms with Gasteiger partial charge in [-0.1, -0.05) is 0 Å². The van der Waals surface area contributed by atoms with Crippen LogP contribution in [0.15, 0.2) is 0 Å². The van der Waals surface area contributed by atoms with Crippen molar-refractivity contribution in [3.63, 3.8) is 0 Å². The quantitative estimate of drug-likeness (QED) is 0.364. The average molecular weight is 344 g/mol. The number of hydrogen-bond acceptors (Lipinski definition) is 6. The molecule has 4 N–H and O–H groups in total. The lowest BCUT2D eigenvalue weighted by molar-refractivity contribution is 0.115. The van der Waals surface area contributed by atoms with E-state index in [0.29, 0.717) is 26.2 Å². The van der Waals surface area contributed by atoms with Gasteiger partial charge in [0.15, 0.2) is 0 Å². The van der Waals surface area contributed by atoms with E-state index in [9.17, 15) is 0 Å². The molecule has 0 aromatic heterocycles. The highest BCUT2D eigenvalue weighted by molar-refractivity contribution is 4.96. The molecule has 2 saturated carbocycles. The number of fused-ring (bicyclic) bond motifs is 2. The molecule has 0 amide bonds. The molecule has 6 heteroatoms. The zero-order valence-electron chi connectivity index (χ0n) is 14.9. The van der Waals surface area contributed by atoms with Gasteiger partial charge in [0.25, 0.3) is 0 Å². The first-order valence-corrected chi connectivity index (χ1v) is 9.59. The second-order valence-electron chi connectivity index (χ2n) is 7.57. The standard InChI is InChI=1S/C18H36N2O4/c21-7-3-19(4-8-22)2-1-15-11-17-12-16(15)13-18(17)14-20(5-9-23)6-10-24/h15-18,21-24H,1-14H2. The van der Waals surface area contributed by atoms with Crippen LogP contribution in [0.1, 0.15) is 25.7 Å². The highest BCUT2D eigenvalue weighted by atomic mass is 16.3. The molecule has 0 radical (unpaired) electrons. The van der Waals surface area contributed by atoms with E-state index < -0.39 is 0 Å². The summed E-state index contributed by atoms with van der Waals surface area (Å²) in [7, 11) is 0. The number of rotatable bonds is 13. The third kappa shape index (κ3) is 5.64. The van der Waals surface area contributed by atoms with Crippen LogP contribution >= 0.6 is 0 Å². The van der Waals surface area contributed by atoms with Gasteiger partial charge in [0.2, 0.25) is 0 Å². The molecule has 0 aromatic carbocycles. The molecule has 2 fully saturated rings. The first-order chi connectivity index (χ1) is 11.7. The highest BCUT2D eigenvalue weighted by Gasteiger charge is 2.45. The summed E-state index contributed by atoms with van der Waals surface area (Å²) in [6.45, 7) is 5.25. The lowest BCUT2D eigenvalue weighted by Gasteiger charge is -2.33. The molecule has 4 atom stereocenters. The lowest BCUT2D eigenvalue weighted by atomic mass is 9.80. The maximum atomic E-state index is 9.16. The fraction of sp³-hybridized carbons (Fsp3) is 1.00. The zero-order chi connectivity index (χ0) is 17.4. The minimum absolute atomic E-state index is 0.157. The Morgan fingerprint density at radius 2 is 1.08 bits per heavy atom. The summed E-state index contributed by atoms with van der Waals surface area (Å²) in [6.07, 6.45) is 5.09. The van der Waals surface area contributed by atoms with Gasteiger partial charge >= 0.3 is 0 Å². The molecular weight excluding hydrogens is 308 g/mol. The Morgan fingerprint density at radius 1 is 0.583 bits per heavy atom. The number of aliphatic hydroxyl groups is 4. The van der Waals surface area contributed by atoms with Crippen molar-refractivity contribution in [2.24, 2.45) is 23.7 Å². The maximum Gasteiger partial charge on any atom is 0.0558 e. The van der Waals surface area contributed by atoms with E-state index in [2.05, 4.69) is 9.80 Å². The Labute approximate surface area is 146 Å². The van der Waals surface area contributed by atoms with Crippen LogP contribution in [-0.4, -0.2) is 95.9 Å². The van der Waals surface area contributed by atoms with Gasteiger partial charge in [-0.15, -0.1) is 0 Å². The molecule has 0 aliphatic heterocycles. The molecule has 6 nitrogen and oxygen atoms in total. The van der Waals surface area contributed by atoms with Gasteiger partial charge in [0, 0.05) is 32.7 Å². The van der Waals surface area contributed by atoms with Gasteiger partial charge in [-0.2, -0.15) is 0 Å². The molecule has 24 heavy (non-hydrogen) atoms. The molecule has 142 valence electrons. The van der Waals surface area contributed by atoms with E-state index in [4.69, 9.17) is 20.4 Å². The smallest absolute Gasteiger partial charge is 0.0558 e. The summed E-state index contributed by atoms with van der Waals surface area (Å²) in [5, 5.41) is 36.5. The first kappa shape index (κ1) is 20.1. The van der Waals surface area contributed by atoms with Crippen molar-refractivity contribution in [2.45, 2.75) is 25.7 Å². The number of hydrogen-bond donors (Lipinski definition) is 4. The van der Waals surface area contributed by atoms with Crippen LogP contribution in [0.25, 0.3) is 0 Å². The highest BCUT2D eigenvalue weighted by Crippen LogP contribution is 2.53. The number of aliphatic hydroxyl groups excluding tert-OH is 4. The second-order valence-corrected chi connectivity index (χ2v) is 7.57. The average Bonchev–Trinajstić information content (AvgIpc) is 3.13. The lowest BCUT2D eigenvalue weighted by Crippen LogP contribution is -2.37. The Balaban J connectivity index is 1.73. The fourth-order valence-corrected chi connectivity index (χ4v) is 4.97. The zero-order valence-corrected chi connectivity index (χ0v) is 14.9. The van der Waals surface area contributed by atoms with Gasteiger partial charge in [-0.3, -0.25) is 9.80 Å². The molecule has 2 aliphatic rings. The largest absolute Gasteiger partial charge is 0.395 e. The van der Waals surface area contributed by atoms with E-state index in [0.717, 1.165) is 36.8 Å². The summed E-state index contributed by atoms with van der Waals surface area (Å²) in [5.41, 5.74) is 0. The third-order valence-corrected chi connectivity index (χ3v) is 6.12. The number of nitrogens with zero attached hydrogens (tertiary/aromatic N) is 2. The van der Waals surface area contributed by atoms with Crippen molar-refractivity contribution in [1.29, 1.82) is 0 Å². The molecule has 0 aromatic rings.